The fraction of sp³-hybridized carbons (Fsp3) is 0.400. The maximum absolute atomic E-state index is 6.04. The van der Waals surface area contributed by atoms with Crippen LogP contribution in [0.25, 0.3) is 0 Å². The molecule has 3 rings (SSSR count). The Morgan fingerprint density at radius 1 is 1.05 bits per heavy atom. The molecule has 0 aliphatic heterocycles. The van der Waals surface area contributed by atoms with Crippen LogP contribution in [0.4, 0.5) is 5.95 Å². The number of hydrogen-bond donors (Lipinski definition) is 1. The highest BCUT2D eigenvalue weighted by molar-refractivity contribution is 6.42. The van der Waals surface area contributed by atoms with Gasteiger partial charge >= 0.3 is 0 Å². The zero-order valence-corrected chi connectivity index (χ0v) is 13.0. The quantitative estimate of drug-likeness (QED) is 0.927. The first kappa shape index (κ1) is 14.5. The number of anilines is 1. The van der Waals surface area contributed by atoms with Crippen molar-refractivity contribution in [2.45, 2.75) is 38.0 Å². The molecule has 1 heterocycles. The second-order valence-electron chi connectivity index (χ2n) is 5.37. The average molecular weight is 323 g/mol. The van der Waals surface area contributed by atoms with Crippen molar-refractivity contribution in [3.05, 3.63) is 45.5 Å². The summed E-state index contributed by atoms with van der Waals surface area (Å²) in [5.74, 6) is 2.22. The van der Waals surface area contributed by atoms with Gasteiger partial charge in [-0.05, 0) is 30.5 Å². The van der Waals surface area contributed by atoms with Crippen LogP contribution in [0.15, 0.2) is 18.2 Å². The second kappa shape index (κ2) is 6.16. The molecule has 0 atom stereocenters. The summed E-state index contributed by atoms with van der Waals surface area (Å²) in [7, 11) is 0. The standard InChI is InChI=1S/C15H16Cl2N4/c16-11-6-5-9(7-12(11)17)8-13-19-14(21-15(18)20-13)10-3-1-2-4-10/h5-7,10H,1-4,8H2,(H2,18,19,20,21). The number of nitrogens with zero attached hydrogens (tertiary/aromatic N) is 3. The molecule has 110 valence electrons. The van der Waals surface area contributed by atoms with Gasteiger partial charge in [0, 0.05) is 12.3 Å². The fourth-order valence-corrected chi connectivity index (χ4v) is 3.06. The molecule has 1 saturated carbocycles. The van der Waals surface area contributed by atoms with Gasteiger partial charge in [-0.15, -0.1) is 0 Å². The zero-order chi connectivity index (χ0) is 14.8. The Bertz CT molecular complexity index is 654. The normalized spacial score (nSPS) is 15.5. The van der Waals surface area contributed by atoms with Gasteiger partial charge in [-0.2, -0.15) is 9.97 Å². The molecule has 0 spiro atoms. The predicted molar refractivity (Wildman–Crippen MR) is 84.7 cm³/mol. The number of nitrogen functional groups attached to an aromatic ring is 1. The average Bonchev–Trinajstić information content (AvgIpc) is 2.96. The Kier molecular flexibility index (Phi) is 4.27. The van der Waals surface area contributed by atoms with E-state index in [0.717, 1.165) is 24.2 Å². The van der Waals surface area contributed by atoms with Crippen LogP contribution < -0.4 is 5.73 Å². The third-order valence-corrected chi connectivity index (χ3v) is 4.52. The van der Waals surface area contributed by atoms with Crippen molar-refractivity contribution in [3.8, 4) is 0 Å². The molecule has 6 heteroatoms. The Morgan fingerprint density at radius 3 is 2.52 bits per heavy atom. The van der Waals surface area contributed by atoms with E-state index in [0.29, 0.717) is 34.2 Å². The lowest BCUT2D eigenvalue weighted by atomic mass is 10.1. The van der Waals surface area contributed by atoms with Gasteiger partial charge in [0.2, 0.25) is 5.95 Å². The van der Waals surface area contributed by atoms with Crippen molar-refractivity contribution in [2.75, 3.05) is 5.73 Å². The van der Waals surface area contributed by atoms with Crippen molar-refractivity contribution < 1.29 is 0 Å². The Labute approximate surface area is 133 Å². The van der Waals surface area contributed by atoms with Gasteiger partial charge in [0.15, 0.2) is 0 Å². The highest BCUT2D eigenvalue weighted by atomic mass is 35.5. The number of hydrogen-bond acceptors (Lipinski definition) is 4. The van der Waals surface area contributed by atoms with Crippen molar-refractivity contribution in [1.29, 1.82) is 0 Å². The minimum Gasteiger partial charge on any atom is -0.368 e. The van der Waals surface area contributed by atoms with Crippen LogP contribution >= 0.6 is 23.2 Å². The highest BCUT2D eigenvalue weighted by Crippen LogP contribution is 2.32. The van der Waals surface area contributed by atoms with E-state index >= 15 is 0 Å². The summed E-state index contributed by atoms with van der Waals surface area (Å²) >= 11 is 12.0. The van der Waals surface area contributed by atoms with Gasteiger partial charge in [-0.3, -0.25) is 0 Å². The van der Waals surface area contributed by atoms with E-state index in [1.807, 2.05) is 12.1 Å². The monoisotopic (exact) mass is 322 g/mol. The van der Waals surface area contributed by atoms with Crippen LogP contribution in [0.2, 0.25) is 10.0 Å². The summed E-state index contributed by atoms with van der Waals surface area (Å²) < 4.78 is 0. The summed E-state index contributed by atoms with van der Waals surface area (Å²) in [6.07, 6.45) is 5.31. The van der Waals surface area contributed by atoms with Crippen molar-refractivity contribution >= 4 is 29.2 Å². The molecule has 2 aromatic rings. The van der Waals surface area contributed by atoms with Gasteiger partial charge < -0.3 is 5.73 Å². The van der Waals surface area contributed by atoms with Crippen LogP contribution in [-0.2, 0) is 6.42 Å². The van der Waals surface area contributed by atoms with Crippen molar-refractivity contribution in [1.82, 2.24) is 15.0 Å². The molecule has 0 saturated heterocycles. The molecule has 1 aliphatic carbocycles. The summed E-state index contributed by atoms with van der Waals surface area (Å²) in [4.78, 5) is 13.1. The van der Waals surface area contributed by atoms with Crippen LogP contribution in [0, 0.1) is 0 Å². The third kappa shape index (κ3) is 3.44. The lowest BCUT2D eigenvalue weighted by molar-refractivity contribution is 0.654. The van der Waals surface area contributed by atoms with Crippen LogP contribution in [0.1, 0.15) is 48.8 Å². The Hall–Kier alpha value is -1.39. The SMILES string of the molecule is Nc1nc(Cc2ccc(Cl)c(Cl)c2)nc(C2CCCC2)n1. The number of nitrogens with two attached hydrogens (primary N) is 1. The fourth-order valence-electron chi connectivity index (χ4n) is 2.73. The summed E-state index contributed by atoms with van der Waals surface area (Å²) in [5.41, 5.74) is 6.83. The molecule has 1 aromatic heterocycles. The minimum atomic E-state index is 0.293. The zero-order valence-electron chi connectivity index (χ0n) is 11.5. The molecule has 1 fully saturated rings. The van der Waals surface area contributed by atoms with Gasteiger partial charge in [0.25, 0.3) is 0 Å². The second-order valence-corrected chi connectivity index (χ2v) is 6.19. The number of rotatable bonds is 3. The minimum absolute atomic E-state index is 0.293. The van der Waals surface area contributed by atoms with E-state index in [4.69, 9.17) is 28.9 Å². The van der Waals surface area contributed by atoms with Gasteiger partial charge in [-0.25, -0.2) is 4.98 Å². The van der Waals surface area contributed by atoms with E-state index in [1.165, 1.54) is 12.8 Å². The molecule has 1 aromatic carbocycles. The Morgan fingerprint density at radius 2 is 1.81 bits per heavy atom. The van der Waals surface area contributed by atoms with Gasteiger partial charge in [0.05, 0.1) is 10.0 Å². The first-order valence-corrected chi connectivity index (χ1v) is 7.81. The predicted octanol–water partition coefficient (Wildman–Crippen LogP) is 4.01. The largest absolute Gasteiger partial charge is 0.368 e. The summed E-state index contributed by atoms with van der Waals surface area (Å²) in [6, 6.07) is 5.53. The Balaban J connectivity index is 1.85. The highest BCUT2D eigenvalue weighted by Gasteiger charge is 2.21. The van der Waals surface area contributed by atoms with E-state index in [9.17, 15) is 0 Å². The van der Waals surface area contributed by atoms with Crippen molar-refractivity contribution in [2.24, 2.45) is 0 Å². The van der Waals surface area contributed by atoms with E-state index in [2.05, 4.69) is 15.0 Å². The number of aromatic nitrogens is 3. The number of halogens is 2. The smallest absolute Gasteiger partial charge is 0.223 e. The molecule has 0 amide bonds. The lowest BCUT2D eigenvalue weighted by Crippen LogP contribution is -2.10. The summed E-state index contributed by atoms with van der Waals surface area (Å²) in [6.45, 7) is 0. The maximum Gasteiger partial charge on any atom is 0.223 e. The van der Waals surface area contributed by atoms with E-state index in [-0.39, 0.29) is 0 Å². The van der Waals surface area contributed by atoms with Crippen molar-refractivity contribution in [3.63, 3.8) is 0 Å². The third-order valence-electron chi connectivity index (χ3n) is 3.78. The molecule has 1 aliphatic rings. The van der Waals surface area contributed by atoms with Crippen LogP contribution in [-0.4, -0.2) is 15.0 Å². The molecule has 0 bridgehead atoms. The summed E-state index contributed by atoms with van der Waals surface area (Å²) in [5, 5.41) is 1.08. The first-order chi connectivity index (χ1) is 10.1. The van der Waals surface area contributed by atoms with Crippen LogP contribution in [0.5, 0.6) is 0 Å². The molecule has 21 heavy (non-hydrogen) atoms. The van der Waals surface area contributed by atoms with Crippen LogP contribution in [0.3, 0.4) is 0 Å². The molecule has 0 unspecified atom stereocenters. The number of benzene rings is 1. The molecular formula is C15H16Cl2N4. The molecule has 4 nitrogen and oxygen atoms in total. The maximum atomic E-state index is 6.04. The first-order valence-electron chi connectivity index (χ1n) is 7.06. The molecular weight excluding hydrogens is 307 g/mol. The van der Waals surface area contributed by atoms with Gasteiger partial charge in [-0.1, -0.05) is 42.1 Å². The topological polar surface area (TPSA) is 64.7 Å². The lowest BCUT2D eigenvalue weighted by Gasteiger charge is -2.10. The van der Waals surface area contributed by atoms with E-state index in [1.54, 1.807) is 6.07 Å². The molecule has 0 radical (unpaired) electrons. The molecule has 2 N–H and O–H groups in total. The van der Waals surface area contributed by atoms with E-state index < -0.39 is 0 Å². The van der Waals surface area contributed by atoms with Gasteiger partial charge in [0.1, 0.15) is 11.6 Å².